The monoisotopic (exact) mass is 406 g/mol. The lowest BCUT2D eigenvalue weighted by atomic mass is 10.1. The number of benzene rings is 2. The molecule has 8 heteroatoms. The van der Waals surface area contributed by atoms with Gasteiger partial charge in [0.2, 0.25) is 5.91 Å². The highest BCUT2D eigenvalue weighted by Gasteiger charge is 2.18. The average molecular weight is 406 g/mol. The summed E-state index contributed by atoms with van der Waals surface area (Å²) in [5.41, 5.74) is 13.0. The van der Waals surface area contributed by atoms with Crippen LogP contribution in [0.2, 0.25) is 0 Å². The molecule has 0 fully saturated rings. The molecule has 0 aliphatic rings. The number of nitrogens with two attached hydrogens (primary N) is 1. The first-order valence-electron chi connectivity index (χ1n) is 8.85. The summed E-state index contributed by atoms with van der Waals surface area (Å²) in [6, 6.07) is 16.7. The first-order chi connectivity index (χ1) is 14.0. The van der Waals surface area contributed by atoms with Crippen LogP contribution in [0.25, 0.3) is 21.1 Å². The summed E-state index contributed by atoms with van der Waals surface area (Å²) in [6.45, 7) is 0. The third-order valence-corrected chi connectivity index (χ3v) is 5.57. The Balaban J connectivity index is 1.53. The van der Waals surface area contributed by atoms with Crippen molar-refractivity contribution in [3.05, 3.63) is 65.0 Å². The molecular formula is C21H18N4O3S. The van der Waals surface area contributed by atoms with Gasteiger partial charge in [0.05, 0.1) is 24.7 Å². The second-order valence-electron chi connectivity index (χ2n) is 6.41. The molecular weight excluding hydrogens is 388 g/mol. The Bertz CT molecular complexity index is 1220. The van der Waals surface area contributed by atoms with Gasteiger partial charge in [-0.3, -0.25) is 20.4 Å². The minimum Gasteiger partial charge on any atom is -0.497 e. The summed E-state index contributed by atoms with van der Waals surface area (Å²) < 4.78 is 5.23. The van der Waals surface area contributed by atoms with Crippen LogP contribution >= 0.6 is 11.3 Å². The zero-order chi connectivity index (χ0) is 20.4. The minimum absolute atomic E-state index is 0.164. The lowest BCUT2D eigenvalue weighted by Gasteiger charge is -2.07. The number of fused-ring (bicyclic) bond motifs is 2. The van der Waals surface area contributed by atoms with Gasteiger partial charge in [0, 0.05) is 16.8 Å². The van der Waals surface area contributed by atoms with Gasteiger partial charge < -0.3 is 10.5 Å². The minimum atomic E-state index is -0.478. The number of methoxy groups -OCH3 is 1. The summed E-state index contributed by atoms with van der Waals surface area (Å²) in [5, 5.41) is 1.60. The molecule has 0 saturated heterocycles. The van der Waals surface area contributed by atoms with Gasteiger partial charge in [-0.15, -0.1) is 11.3 Å². The third-order valence-electron chi connectivity index (χ3n) is 4.45. The van der Waals surface area contributed by atoms with Crippen LogP contribution in [0.1, 0.15) is 15.2 Å². The number of ether oxygens (including phenoxy) is 1. The van der Waals surface area contributed by atoms with Gasteiger partial charge in [-0.2, -0.15) is 0 Å². The van der Waals surface area contributed by atoms with Gasteiger partial charge in [0.25, 0.3) is 5.91 Å². The van der Waals surface area contributed by atoms with Gasteiger partial charge in [-0.1, -0.05) is 30.3 Å². The number of nitrogen functional groups attached to an aromatic ring is 1. The van der Waals surface area contributed by atoms with E-state index in [1.54, 1.807) is 7.11 Å². The Morgan fingerprint density at radius 1 is 1.10 bits per heavy atom. The predicted octanol–water partition coefficient (Wildman–Crippen LogP) is 3.04. The van der Waals surface area contributed by atoms with E-state index in [9.17, 15) is 9.59 Å². The Labute approximate surface area is 170 Å². The van der Waals surface area contributed by atoms with Crippen LogP contribution in [0.15, 0.2) is 54.6 Å². The largest absolute Gasteiger partial charge is 0.497 e. The zero-order valence-electron chi connectivity index (χ0n) is 15.6. The fourth-order valence-corrected chi connectivity index (χ4v) is 3.96. The molecule has 2 amide bonds. The van der Waals surface area contributed by atoms with Crippen molar-refractivity contribution in [3.63, 3.8) is 0 Å². The van der Waals surface area contributed by atoms with E-state index in [0.717, 1.165) is 16.5 Å². The predicted molar refractivity (Wildman–Crippen MR) is 114 cm³/mol. The van der Waals surface area contributed by atoms with E-state index in [2.05, 4.69) is 15.8 Å². The average Bonchev–Trinajstić information content (AvgIpc) is 3.06. The van der Waals surface area contributed by atoms with E-state index >= 15 is 0 Å². The molecule has 2 heterocycles. The van der Waals surface area contributed by atoms with Gasteiger partial charge >= 0.3 is 0 Å². The highest BCUT2D eigenvalue weighted by atomic mass is 32.1. The Morgan fingerprint density at radius 3 is 2.66 bits per heavy atom. The number of carbonyl (C=O) groups is 2. The Morgan fingerprint density at radius 2 is 1.90 bits per heavy atom. The molecule has 0 radical (unpaired) electrons. The van der Waals surface area contributed by atoms with E-state index in [4.69, 9.17) is 10.5 Å². The second-order valence-corrected chi connectivity index (χ2v) is 7.41. The standard InChI is InChI=1S/C21H18N4O3S/c1-28-14-8-7-13-10-15-18(22)19(29-21(15)23-16(13)11-14)20(27)25-24-17(26)9-12-5-3-2-4-6-12/h2-8,10-11H,9,22H2,1H3,(H,24,26)(H,25,27). The van der Waals surface area contributed by atoms with Gasteiger partial charge in [-0.25, -0.2) is 4.98 Å². The van der Waals surface area contributed by atoms with Crippen molar-refractivity contribution in [1.29, 1.82) is 0 Å². The fraction of sp³-hybridized carbons (Fsp3) is 0.0952. The maximum Gasteiger partial charge on any atom is 0.281 e. The molecule has 0 unspecified atom stereocenters. The normalized spacial score (nSPS) is 10.8. The van der Waals surface area contributed by atoms with E-state index in [0.29, 0.717) is 26.5 Å². The molecule has 0 aliphatic carbocycles. The molecule has 4 rings (SSSR count). The van der Waals surface area contributed by atoms with Gasteiger partial charge in [0.1, 0.15) is 15.5 Å². The van der Waals surface area contributed by atoms with Crippen LogP contribution in [-0.4, -0.2) is 23.9 Å². The van der Waals surface area contributed by atoms with Crippen molar-refractivity contribution in [2.24, 2.45) is 0 Å². The van der Waals surface area contributed by atoms with E-state index < -0.39 is 5.91 Å². The highest BCUT2D eigenvalue weighted by Crippen LogP contribution is 2.35. The van der Waals surface area contributed by atoms with E-state index in [1.165, 1.54) is 11.3 Å². The number of amides is 2. The SMILES string of the molecule is COc1ccc2cc3c(N)c(C(=O)NNC(=O)Cc4ccccc4)sc3nc2c1. The van der Waals surface area contributed by atoms with Crippen molar-refractivity contribution < 1.29 is 14.3 Å². The maximum atomic E-state index is 12.5. The van der Waals surface area contributed by atoms with Gasteiger partial charge in [0.15, 0.2) is 0 Å². The number of nitrogens with one attached hydrogen (secondary N) is 2. The summed E-state index contributed by atoms with van der Waals surface area (Å²) in [7, 11) is 1.59. The Hall–Kier alpha value is -3.65. The van der Waals surface area contributed by atoms with Crippen molar-refractivity contribution in [2.75, 3.05) is 12.8 Å². The summed E-state index contributed by atoms with van der Waals surface area (Å²) in [6.07, 6.45) is 0.164. The number of hydrogen-bond donors (Lipinski definition) is 3. The lowest BCUT2D eigenvalue weighted by molar-refractivity contribution is -0.121. The summed E-state index contributed by atoms with van der Waals surface area (Å²) in [5.74, 6) is -0.0956. The highest BCUT2D eigenvalue weighted by molar-refractivity contribution is 7.21. The summed E-state index contributed by atoms with van der Waals surface area (Å²) in [4.78, 5) is 30.1. The van der Waals surface area contributed by atoms with Crippen LogP contribution in [0.5, 0.6) is 5.75 Å². The van der Waals surface area contributed by atoms with Gasteiger partial charge in [-0.05, 0) is 23.8 Å². The smallest absolute Gasteiger partial charge is 0.281 e. The lowest BCUT2D eigenvalue weighted by Crippen LogP contribution is -2.42. The second kappa shape index (κ2) is 7.76. The number of hydrazine groups is 1. The number of anilines is 1. The molecule has 0 atom stereocenters. The molecule has 0 spiro atoms. The molecule has 7 nitrogen and oxygen atoms in total. The van der Waals surface area contributed by atoms with E-state index in [-0.39, 0.29) is 12.3 Å². The molecule has 0 aliphatic heterocycles. The number of rotatable bonds is 4. The number of aromatic nitrogens is 1. The molecule has 4 aromatic rings. The number of carbonyl (C=O) groups excluding carboxylic acids is 2. The quantitative estimate of drug-likeness (QED) is 0.452. The zero-order valence-corrected chi connectivity index (χ0v) is 16.4. The maximum absolute atomic E-state index is 12.5. The molecule has 146 valence electrons. The number of thiophene rings is 1. The molecule has 2 aromatic heterocycles. The fourth-order valence-electron chi connectivity index (χ4n) is 2.98. The summed E-state index contributed by atoms with van der Waals surface area (Å²) >= 11 is 1.18. The number of hydrogen-bond acceptors (Lipinski definition) is 6. The number of nitrogens with zero attached hydrogens (tertiary/aromatic N) is 1. The molecule has 29 heavy (non-hydrogen) atoms. The Kier molecular flexibility index (Phi) is 5.01. The number of pyridine rings is 1. The van der Waals surface area contributed by atoms with E-state index in [1.807, 2.05) is 54.6 Å². The molecule has 0 bridgehead atoms. The first-order valence-corrected chi connectivity index (χ1v) is 9.66. The van der Waals surface area contributed by atoms with Crippen LogP contribution < -0.4 is 21.3 Å². The molecule has 4 N–H and O–H groups in total. The van der Waals surface area contributed by atoms with Crippen LogP contribution in [0.3, 0.4) is 0 Å². The van der Waals surface area contributed by atoms with Crippen molar-refractivity contribution >= 4 is 50.0 Å². The van der Waals surface area contributed by atoms with Crippen molar-refractivity contribution in [2.45, 2.75) is 6.42 Å². The van der Waals surface area contributed by atoms with Crippen LogP contribution in [0.4, 0.5) is 5.69 Å². The topological polar surface area (TPSA) is 106 Å². The molecule has 0 saturated carbocycles. The van der Waals surface area contributed by atoms with Crippen LogP contribution in [-0.2, 0) is 11.2 Å². The first kappa shape index (κ1) is 18.7. The van der Waals surface area contributed by atoms with Crippen molar-refractivity contribution in [3.8, 4) is 5.75 Å². The molecule has 2 aromatic carbocycles. The van der Waals surface area contributed by atoms with Crippen molar-refractivity contribution in [1.82, 2.24) is 15.8 Å². The van der Waals surface area contributed by atoms with Crippen LogP contribution in [0, 0.1) is 0 Å². The third kappa shape index (κ3) is 3.83.